The molecule has 120 valence electrons. The van der Waals surface area contributed by atoms with Crippen LogP contribution in [-0.2, 0) is 18.3 Å². The first-order valence-electron chi connectivity index (χ1n) is 7.77. The van der Waals surface area contributed by atoms with Crippen molar-refractivity contribution in [3.8, 4) is 0 Å². The van der Waals surface area contributed by atoms with Crippen LogP contribution in [0.4, 0.5) is 5.82 Å². The van der Waals surface area contributed by atoms with Gasteiger partial charge in [0.2, 0.25) is 0 Å². The van der Waals surface area contributed by atoms with Crippen molar-refractivity contribution < 1.29 is 9.84 Å². The zero-order valence-electron chi connectivity index (χ0n) is 13.6. The maximum atomic E-state index is 9.20. The first kappa shape index (κ1) is 16.3. The second kappa shape index (κ2) is 7.24. The number of hydrogen-bond acceptors (Lipinski definition) is 5. The molecule has 0 aromatic carbocycles. The summed E-state index contributed by atoms with van der Waals surface area (Å²) in [5.41, 5.74) is 2.38. The maximum absolute atomic E-state index is 9.20. The van der Waals surface area contributed by atoms with Gasteiger partial charge in [0.15, 0.2) is 0 Å². The minimum Gasteiger partial charge on any atom is -0.395 e. The lowest BCUT2D eigenvalue weighted by molar-refractivity contribution is 0.122. The predicted molar refractivity (Wildman–Crippen MR) is 83.7 cm³/mol. The highest BCUT2D eigenvalue weighted by atomic mass is 16.5. The lowest BCUT2D eigenvalue weighted by Gasteiger charge is -2.30. The van der Waals surface area contributed by atoms with Gasteiger partial charge in [-0.3, -0.25) is 4.68 Å². The number of aromatic nitrogens is 2. The first-order chi connectivity index (χ1) is 10.0. The Balaban J connectivity index is 2.28. The summed E-state index contributed by atoms with van der Waals surface area (Å²) in [6, 6.07) is 0.0859. The van der Waals surface area contributed by atoms with Gasteiger partial charge in [0.1, 0.15) is 5.82 Å². The van der Waals surface area contributed by atoms with E-state index in [1.807, 2.05) is 18.7 Å². The van der Waals surface area contributed by atoms with E-state index in [9.17, 15) is 5.11 Å². The van der Waals surface area contributed by atoms with Gasteiger partial charge in [0, 0.05) is 38.3 Å². The highest BCUT2D eigenvalue weighted by Gasteiger charge is 2.24. The number of hydrogen-bond donors (Lipinski definition) is 2. The molecule has 1 aromatic rings. The van der Waals surface area contributed by atoms with E-state index in [0.29, 0.717) is 5.92 Å². The van der Waals surface area contributed by atoms with Gasteiger partial charge in [0.05, 0.1) is 25.5 Å². The van der Waals surface area contributed by atoms with Gasteiger partial charge in [-0.15, -0.1) is 0 Å². The second-order valence-electron chi connectivity index (χ2n) is 6.03. The molecule has 0 radical (unpaired) electrons. The van der Waals surface area contributed by atoms with Gasteiger partial charge < -0.3 is 20.1 Å². The smallest absolute Gasteiger partial charge is 0.131 e. The first-order valence-corrected chi connectivity index (χ1v) is 7.77. The minimum atomic E-state index is 0.0859. The van der Waals surface area contributed by atoms with E-state index in [1.54, 1.807) is 0 Å². The molecule has 21 heavy (non-hydrogen) atoms. The van der Waals surface area contributed by atoms with Crippen molar-refractivity contribution in [1.82, 2.24) is 15.1 Å². The van der Waals surface area contributed by atoms with Crippen molar-refractivity contribution in [2.24, 2.45) is 7.05 Å². The van der Waals surface area contributed by atoms with Crippen LogP contribution in [-0.4, -0.2) is 53.8 Å². The number of rotatable bonds is 6. The average molecular weight is 296 g/mol. The molecule has 0 amide bonds. The van der Waals surface area contributed by atoms with Crippen molar-refractivity contribution in [2.75, 3.05) is 37.8 Å². The molecule has 1 aromatic heterocycles. The molecule has 1 fully saturated rings. The molecule has 1 aliphatic heterocycles. The quantitative estimate of drug-likeness (QED) is 0.815. The average Bonchev–Trinajstić information content (AvgIpc) is 2.82. The molecule has 6 nitrogen and oxygen atoms in total. The molecule has 0 aliphatic carbocycles. The van der Waals surface area contributed by atoms with Crippen molar-refractivity contribution in [1.29, 1.82) is 0 Å². The molecule has 0 unspecified atom stereocenters. The van der Waals surface area contributed by atoms with E-state index in [-0.39, 0.29) is 12.6 Å². The Kier molecular flexibility index (Phi) is 5.61. The number of nitrogens with zero attached hydrogens (tertiary/aromatic N) is 3. The number of aliphatic hydroxyl groups is 1. The Labute approximate surface area is 127 Å². The van der Waals surface area contributed by atoms with E-state index in [0.717, 1.165) is 38.5 Å². The number of aliphatic hydroxyl groups excluding tert-OH is 1. The molecular formula is C15H28N4O2. The third-order valence-corrected chi connectivity index (χ3v) is 3.90. The highest BCUT2D eigenvalue weighted by Crippen LogP contribution is 2.29. The molecule has 1 atom stereocenters. The van der Waals surface area contributed by atoms with Crippen LogP contribution >= 0.6 is 0 Å². The molecule has 2 rings (SSSR count). The van der Waals surface area contributed by atoms with E-state index < -0.39 is 0 Å². The lowest BCUT2D eigenvalue weighted by Crippen LogP contribution is -2.38. The summed E-state index contributed by atoms with van der Waals surface area (Å²) in [7, 11) is 2.01. The third-order valence-electron chi connectivity index (χ3n) is 3.90. The topological polar surface area (TPSA) is 62.5 Å². The predicted octanol–water partition coefficient (Wildman–Crippen LogP) is 0.850. The summed E-state index contributed by atoms with van der Waals surface area (Å²) in [6.07, 6.45) is 0. The number of aryl methyl sites for hydroxylation is 1. The maximum Gasteiger partial charge on any atom is 0.131 e. The molecule has 0 bridgehead atoms. The van der Waals surface area contributed by atoms with Crippen LogP contribution in [0.25, 0.3) is 0 Å². The molecule has 0 saturated carbocycles. The lowest BCUT2D eigenvalue weighted by atomic mass is 10.0. The number of ether oxygens (including phenoxy) is 1. The Morgan fingerprint density at radius 3 is 2.52 bits per heavy atom. The van der Waals surface area contributed by atoms with Gasteiger partial charge in [-0.05, 0) is 12.8 Å². The molecule has 0 spiro atoms. The normalized spacial score (nSPS) is 17.5. The van der Waals surface area contributed by atoms with E-state index in [2.05, 4.69) is 24.1 Å². The zero-order valence-corrected chi connectivity index (χ0v) is 13.6. The molecule has 2 heterocycles. The van der Waals surface area contributed by atoms with E-state index in [4.69, 9.17) is 9.84 Å². The van der Waals surface area contributed by atoms with Gasteiger partial charge in [0.25, 0.3) is 0 Å². The summed E-state index contributed by atoms with van der Waals surface area (Å²) in [6.45, 7) is 10.5. The van der Waals surface area contributed by atoms with Crippen LogP contribution in [0.5, 0.6) is 0 Å². The fourth-order valence-electron chi connectivity index (χ4n) is 2.72. The number of anilines is 1. The van der Waals surface area contributed by atoms with Crippen LogP contribution in [0.3, 0.4) is 0 Å². The summed E-state index contributed by atoms with van der Waals surface area (Å²) in [4.78, 5) is 2.35. The van der Waals surface area contributed by atoms with E-state index in [1.165, 1.54) is 11.4 Å². The second-order valence-corrected chi connectivity index (χ2v) is 6.03. The largest absolute Gasteiger partial charge is 0.395 e. The third kappa shape index (κ3) is 3.75. The Bertz CT molecular complexity index is 453. The SMILES string of the molecule is CC(C)c1nn(C)c(N2CCOCC2)c1CN[C@H](C)CO. The summed E-state index contributed by atoms with van der Waals surface area (Å²) >= 11 is 0. The van der Waals surface area contributed by atoms with Gasteiger partial charge in [-0.25, -0.2) is 0 Å². The van der Waals surface area contributed by atoms with Crippen LogP contribution in [0.2, 0.25) is 0 Å². The van der Waals surface area contributed by atoms with E-state index >= 15 is 0 Å². The standard InChI is InChI=1S/C15H28N4O2/c1-11(2)14-13(9-16-12(3)10-20)15(18(4)17-14)19-5-7-21-8-6-19/h11-12,16,20H,5-10H2,1-4H3/t12-/m1/s1. The molecule has 1 aliphatic rings. The van der Waals surface area contributed by atoms with Crippen LogP contribution < -0.4 is 10.2 Å². The molecule has 2 N–H and O–H groups in total. The Hall–Kier alpha value is -1.11. The molecular weight excluding hydrogens is 268 g/mol. The fourth-order valence-corrected chi connectivity index (χ4v) is 2.72. The fraction of sp³-hybridized carbons (Fsp3) is 0.800. The molecule has 6 heteroatoms. The van der Waals surface area contributed by atoms with Gasteiger partial charge in [-0.1, -0.05) is 13.8 Å². The summed E-state index contributed by atoms with van der Waals surface area (Å²) in [5, 5.41) is 17.3. The monoisotopic (exact) mass is 296 g/mol. The van der Waals surface area contributed by atoms with Crippen LogP contribution in [0, 0.1) is 0 Å². The summed E-state index contributed by atoms with van der Waals surface area (Å²) in [5.74, 6) is 1.56. The summed E-state index contributed by atoms with van der Waals surface area (Å²) < 4.78 is 7.44. The van der Waals surface area contributed by atoms with Crippen molar-refractivity contribution >= 4 is 5.82 Å². The van der Waals surface area contributed by atoms with Crippen LogP contribution in [0.1, 0.15) is 37.9 Å². The number of morpholine rings is 1. The van der Waals surface area contributed by atoms with Gasteiger partial charge in [-0.2, -0.15) is 5.10 Å². The molecule has 1 saturated heterocycles. The van der Waals surface area contributed by atoms with Crippen molar-refractivity contribution in [3.05, 3.63) is 11.3 Å². The highest BCUT2D eigenvalue weighted by molar-refractivity contribution is 5.51. The van der Waals surface area contributed by atoms with Crippen molar-refractivity contribution in [3.63, 3.8) is 0 Å². The van der Waals surface area contributed by atoms with Gasteiger partial charge >= 0.3 is 0 Å². The Morgan fingerprint density at radius 2 is 1.95 bits per heavy atom. The Morgan fingerprint density at radius 1 is 1.29 bits per heavy atom. The number of nitrogens with one attached hydrogen (secondary N) is 1. The van der Waals surface area contributed by atoms with Crippen molar-refractivity contribution in [2.45, 2.75) is 39.3 Å². The minimum absolute atomic E-state index is 0.0859. The zero-order chi connectivity index (χ0) is 15.4. The van der Waals surface area contributed by atoms with Crippen LogP contribution in [0.15, 0.2) is 0 Å².